The fourth-order valence-corrected chi connectivity index (χ4v) is 4.11. The minimum atomic E-state index is -2.54. The number of quaternary nitrogens is 1. The molecule has 0 radical (unpaired) electrons. The van der Waals surface area contributed by atoms with Crippen molar-refractivity contribution in [2.24, 2.45) is 10.7 Å². The van der Waals surface area contributed by atoms with Gasteiger partial charge in [0.15, 0.2) is 0 Å². The summed E-state index contributed by atoms with van der Waals surface area (Å²) in [6.45, 7) is 7.66. The SMILES string of the molecule is C=CC(=O)[N+]1(C)C[C@H](Nc2nc(NC(C=NCC(F)F)=CN)nc3[nH]cc(C)c23)CC[C@@H]1C. The van der Waals surface area contributed by atoms with Gasteiger partial charge >= 0.3 is 5.91 Å². The molecule has 1 aliphatic heterocycles. The minimum absolute atomic E-state index is 0.00692. The summed E-state index contributed by atoms with van der Waals surface area (Å²) < 4.78 is 25.0. The van der Waals surface area contributed by atoms with Crippen LogP contribution in [0.5, 0.6) is 0 Å². The zero-order valence-electron chi connectivity index (χ0n) is 19.1. The average Bonchev–Trinajstić information content (AvgIpc) is 3.15. The Kier molecular flexibility index (Phi) is 7.42. The Morgan fingerprint density at radius 1 is 1.45 bits per heavy atom. The number of nitrogens with two attached hydrogens (primary N) is 1. The number of aliphatic imine (C=N–C) groups is 1. The van der Waals surface area contributed by atoms with Crippen LogP contribution < -0.4 is 16.4 Å². The summed E-state index contributed by atoms with van der Waals surface area (Å²) in [6, 6.07) is 0.197. The molecule has 0 spiro atoms. The number of piperidine rings is 1. The first kappa shape index (κ1) is 24.3. The second-order valence-corrected chi connectivity index (χ2v) is 8.48. The Labute approximate surface area is 191 Å². The fraction of sp³-hybridized carbons (Fsp3) is 0.455. The smallest absolute Gasteiger partial charge is 0.338 e. The molecule has 9 nitrogen and oxygen atoms in total. The number of aryl methyl sites for hydroxylation is 1. The number of likely N-dealkylation sites (tertiary alicyclic amines) is 1. The van der Waals surface area contributed by atoms with Crippen molar-refractivity contribution in [3.8, 4) is 0 Å². The molecular weight excluding hydrogens is 430 g/mol. The number of alkyl halides is 2. The van der Waals surface area contributed by atoms with Gasteiger partial charge in [-0.3, -0.25) is 9.48 Å². The van der Waals surface area contributed by atoms with E-state index in [1.54, 1.807) is 0 Å². The molecule has 3 rings (SSSR count). The number of allylic oxidation sites excluding steroid dienone is 1. The van der Waals surface area contributed by atoms with Crippen LogP contribution in [-0.2, 0) is 4.79 Å². The van der Waals surface area contributed by atoms with Crippen LogP contribution in [0.25, 0.3) is 11.0 Å². The van der Waals surface area contributed by atoms with Gasteiger partial charge in [0, 0.05) is 31.1 Å². The lowest BCUT2D eigenvalue weighted by atomic mass is 9.96. The number of hydrogen-bond donors (Lipinski definition) is 4. The molecule has 1 unspecified atom stereocenters. The summed E-state index contributed by atoms with van der Waals surface area (Å²) >= 11 is 0. The molecule has 1 fully saturated rings. The zero-order chi connectivity index (χ0) is 24.2. The zero-order valence-corrected chi connectivity index (χ0v) is 19.1. The molecule has 5 N–H and O–H groups in total. The van der Waals surface area contributed by atoms with Crippen LogP contribution in [0.2, 0.25) is 0 Å². The second kappa shape index (κ2) is 10.1. The topological polar surface area (TPSA) is 121 Å². The van der Waals surface area contributed by atoms with Gasteiger partial charge in [-0.1, -0.05) is 6.58 Å². The van der Waals surface area contributed by atoms with E-state index in [2.05, 4.69) is 44.1 Å². The summed E-state index contributed by atoms with van der Waals surface area (Å²) in [7, 11) is 1.93. The van der Waals surface area contributed by atoms with Crippen molar-refractivity contribution < 1.29 is 18.1 Å². The highest BCUT2D eigenvalue weighted by atomic mass is 19.3. The standard InChI is InChI=1S/C22H31F2N8O/c1-5-18(33)32(4)12-15(7-6-14(32)3)28-21-19-13(2)9-27-20(19)30-22(31-21)29-16(8-25)10-26-11-17(23)24/h5,8-10,14-15,17H,1,6-7,11-12,25H2,2-4H3,(H3,27,28,29,30,31)/q+1/t14-,15+,32?/m0/s1. The molecule has 3 heterocycles. The number of aromatic nitrogens is 3. The van der Waals surface area contributed by atoms with Crippen LogP contribution in [0.15, 0.2) is 35.7 Å². The third-order valence-electron chi connectivity index (χ3n) is 6.16. The van der Waals surface area contributed by atoms with Crippen LogP contribution in [-0.4, -0.2) is 70.2 Å². The lowest BCUT2D eigenvalue weighted by Gasteiger charge is -2.43. The first-order valence-corrected chi connectivity index (χ1v) is 10.8. The number of nitrogens with zero attached hydrogens (tertiary/aromatic N) is 4. The minimum Gasteiger partial charge on any atom is -0.403 e. The number of carbonyl (C=O) groups is 1. The molecule has 3 atom stereocenters. The van der Waals surface area contributed by atoms with E-state index in [0.717, 1.165) is 23.8 Å². The van der Waals surface area contributed by atoms with Crippen molar-refractivity contribution >= 4 is 34.9 Å². The Bertz CT molecular complexity index is 1080. The predicted molar refractivity (Wildman–Crippen MR) is 126 cm³/mol. The van der Waals surface area contributed by atoms with E-state index in [9.17, 15) is 13.6 Å². The molecule has 2 aromatic heterocycles. The number of fused-ring (bicyclic) bond motifs is 1. The number of rotatable bonds is 8. The van der Waals surface area contributed by atoms with Gasteiger partial charge in [-0.05, 0) is 25.8 Å². The van der Waals surface area contributed by atoms with Crippen LogP contribution in [0, 0.1) is 6.92 Å². The van der Waals surface area contributed by atoms with E-state index in [1.165, 1.54) is 18.5 Å². The number of likely N-dealkylation sites (N-methyl/N-ethyl adjacent to an activating group) is 1. The number of hydrogen-bond acceptors (Lipinski definition) is 7. The van der Waals surface area contributed by atoms with E-state index in [0.29, 0.717) is 18.0 Å². The Balaban J connectivity index is 1.88. The highest BCUT2D eigenvalue weighted by molar-refractivity contribution is 5.92. The normalized spacial score (nSPS) is 23.9. The second-order valence-electron chi connectivity index (χ2n) is 8.48. The van der Waals surface area contributed by atoms with Crippen molar-refractivity contribution in [1.29, 1.82) is 0 Å². The van der Waals surface area contributed by atoms with Crippen molar-refractivity contribution in [1.82, 2.24) is 15.0 Å². The van der Waals surface area contributed by atoms with Crippen molar-refractivity contribution in [3.05, 3.63) is 36.3 Å². The van der Waals surface area contributed by atoms with Gasteiger partial charge in [0.05, 0.1) is 36.8 Å². The van der Waals surface area contributed by atoms with Crippen LogP contribution >= 0.6 is 0 Å². The third-order valence-corrected chi connectivity index (χ3v) is 6.16. The molecule has 11 heteroatoms. The van der Waals surface area contributed by atoms with Gasteiger partial charge < -0.3 is 21.4 Å². The Hall–Kier alpha value is -3.34. The maximum Gasteiger partial charge on any atom is 0.338 e. The number of halogens is 2. The summed E-state index contributed by atoms with van der Waals surface area (Å²) in [4.78, 5) is 28.4. The summed E-state index contributed by atoms with van der Waals surface area (Å²) in [5.41, 5.74) is 7.47. The summed E-state index contributed by atoms with van der Waals surface area (Å²) in [5, 5.41) is 7.26. The number of amides is 1. The molecule has 0 bridgehead atoms. The van der Waals surface area contributed by atoms with Crippen molar-refractivity contribution in [3.63, 3.8) is 0 Å². The maximum absolute atomic E-state index is 12.6. The fourth-order valence-electron chi connectivity index (χ4n) is 4.11. The molecule has 0 saturated carbocycles. The van der Waals surface area contributed by atoms with E-state index in [1.807, 2.05) is 20.2 Å². The molecule has 2 aromatic rings. The Morgan fingerprint density at radius 2 is 2.21 bits per heavy atom. The van der Waals surface area contributed by atoms with E-state index in [4.69, 9.17) is 5.73 Å². The van der Waals surface area contributed by atoms with Gasteiger partial charge in [-0.15, -0.1) is 0 Å². The monoisotopic (exact) mass is 461 g/mol. The van der Waals surface area contributed by atoms with E-state index in [-0.39, 0.29) is 34.1 Å². The number of carbonyl (C=O) groups excluding carboxylic acids is 1. The molecule has 0 aromatic carbocycles. The molecule has 1 amide bonds. The number of nitrogens with one attached hydrogen (secondary N) is 3. The molecule has 1 aliphatic rings. The van der Waals surface area contributed by atoms with Gasteiger partial charge in [-0.2, -0.15) is 9.97 Å². The third kappa shape index (κ3) is 5.36. The average molecular weight is 462 g/mol. The van der Waals surface area contributed by atoms with Crippen LogP contribution in [0.1, 0.15) is 25.3 Å². The molecule has 1 saturated heterocycles. The predicted octanol–water partition coefficient (Wildman–Crippen LogP) is 2.94. The van der Waals surface area contributed by atoms with E-state index < -0.39 is 13.0 Å². The lowest BCUT2D eigenvalue weighted by molar-refractivity contribution is -0.862. The molecule has 178 valence electrons. The lowest BCUT2D eigenvalue weighted by Crippen LogP contribution is -2.62. The van der Waals surface area contributed by atoms with Crippen molar-refractivity contribution in [2.75, 3.05) is 30.8 Å². The largest absolute Gasteiger partial charge is 0.403 e. The van der Waals surface area contributed by atoms with Gasteiger partial charge in [0.2, 0.25) is 5.95 Å². The first-order chi connectivity index (χ1) is 15.7. The highest BCUT2D eigenvalue weighted by Gasteiger charge is 2.42. The summed E-state index contributed by atoms with van der Waals surface area (Å²) in [5.74, 6) is 0.831. The quantitative estimate of drug-likeness (QED) is 0.273. The van der Waals surface area contributed by atoms with Gasteiger partial charge in [0.25, 0.3) is 6.43 Å². The molecule has 0 aliphatic carbocycles. The highest BCUT2D eigenvalue weighted by Crippen LogP contribution is 2.30. The van der Waals surface area contributed by atoms with E-state index >= 15 is 0 Å². The van der Waals surface area contributed by atoms with Gasteiger partial charge in [0.1, 0.15) is 18.0 Å². The first-order valence-electron chi connectivity index (χ1n) is 10.8. The van der Waals surface area contributed by atoms with Crippen LogP contribution in [0.4, 0.5) is 20.5 Å². The molecular formula is C22H31F2N8O+. The number of H-pyrrole nitrogens is 1. The van der Waals surface area contributed by atoms with Crippen LogP contribution in [0.3, 0.4) is 0 Å². The maximum atomic E-state index is 12.6. The Morgan fingerprint density at radius 3 is 2.88 bits per heavy atom. The number of anilines is 2. The van der Waals surface area contributed by atoms with Gasteiger partial charge in [-0.25, -0.2) is 13.6 Å². The molecule has 33 heavy (non-hydrogen) atoms. The summed E-state index contributed by atoms with van der Waals surface area (Å²) in [6.07, 6.45) is 4.87. The number of aromatic amines is 1. The van der Waals surface area contributed by atoms with Crippen molar-refractivity contribution in [2.45, 2.75) is 45.2 Å².